The third-order valence-corrected chi connectivity index (χ3v) is 3.24. The van der Waals surface area contributed by atoms with Crippen molar-refractivity contribution in [3.63, 3.8) is 0 Å². The van der Waals surface area contributed by atoms with E-state index in [0.717, 1.165) is 24.5 Å². The van der Waals surface area contributed by atoms with Crippen LogP contribution in [0.4, 0.5) is 0 Å². The first-order valence-corrected chi connectivity index (χ1v) is 8.38. The van der Waals surface area contributed by atoms with E-state index in [9.17, 15) is 0 Å². The fourth-order valence-corrected chi connectivity index (χ4v) is 1.94. The summed E-state index contributed by atoms with van der Waals surface area (Å²) in [6.07, 6.45) is 2.60. The van der Waals surface area contributed by atoms with Crippen LogP contribution in [0.15, 0.2) is 23.3 Å². The van der Waals surface area contributed by atoms with Crippen LogP contribution in [0.1, 0.15) is 12.0 Å². The second-order valence-corrected chi connectivity index (χ2v) is 5.12. The van der Waals surface area contributed by atoms with Gasteiger partial charge in [0.2, 0.25) is 5.88 Å². The molecule has 0 spiro atoms. The van der Waals surface area contributed by atoms with Gasteiger partial charge in [0.1, 0.15) is 6.61 Å². The lowest BCUT2D eigenvalue weighted by Crippen LogP contribution is -2.37. The quantitative estimate of drug-likeness (QED) is 0.308. The Bertz CT molecular complexity index is 485. The Labute approximate surface area is 149 Å². The maximum atomic E-state index is 5.63. The molecule has 0 fully saturated rings. The normalized spacial score (nSPS) is 11.4. The molecule has 0 aromatic carbocycles. The number of guanidine groups is 1. The molecule has 0 aliphatic heterocycles. The maximum Gasteiger partial charge on any atom is 0.218 e. The van der Waals surface area contributed by atoms with Crippen molar-refractivity contribution in [1.29, 1.82) is 0 Å². The Hall–Kier alpha value is -1.90. The van der Waals surface area contributed by atoms with Gasteiger partial charge in [-0.1, -0.05) is 6.07 Å². The van der Waals surface area contributed by atoms with Crippen LogP contribution in [0.2, 0.25) is 0 Å². The number of hydrogen-bond donors (Lipinski definition) is 2. The van der Waals surface area contributed by atoms with E-state index in [0.29, 0.717) is 45.5 Å². The van der Waals surface area contributed by atoms with E-state index in [1.54, 1.807) is 27.5 Å². The van der Waals surface area contributed by atoms with Crippen LogP contribution in [-0.2, 0) is 20.8 Å². The van der Waals surface area contributed by atoms with Gasteiger partial charge in [0, 0.05) is 52.7 Å². The Morgan fingerprint density at radius 2 is 1.88 bits per heavy atom. The minimum atomic E-state index is 0.469. The first kappa shape index (κ1) is 21.1. The number of aromatic nitrogens is 1. The number of nitrogens with zero attached hydrogens (tertiary/aromatic N) is 2. The number of methoxy groups -OCH3 is 2. The molecule has 0 saturated heterocycles. The molecule has 8 heteroatoms. The summed E-state index contributed by atoms with van der Waals surface area (Å²) in [6.45, 7) is 4.27. The van der Waals surface area contributed by atoms with E-state index in [4.69, 9.17) is 18.9 Å². The van der Waals surface area contributed by atoms with Crippen molar-refractivity contribution < 1.29 is 18.9 Å². The van der Waals surface area contributed by atoms with Crippen molar-refractivity contribution in [2.45, 2.75) is 13.0 Å². The first-order chi connectivity index (χ1) is 12.3. The summed E-state index contributed by atoms with van der Waals surface area (Å²) in [5, 5.41) is 6.50. The monoisotopic (exact) mass is 354 g/mol. The molecule has 142 valence electrons. The zero-order valence-electron chi connectivity index (χ0n) is 15.4. The molecule has 0 atom stereocenters. The van der Waals surface area contributed by atoms with Gasteiger partial charge in [0.25, 0.3) is 0 Å². The predicted octanol–water partition coefficient (Wildman–Crippen LogP) is 0.825. The summed E-state index contributed by atoms with van der Waals surface area (Å²) in [4.78, 5) is 8.47. The highest BCUT2D eigenvalue weighted by Gasteiger charge is 2.06. The van der Waals surface area contributed by atoms with Crippen molar-refractivity contribution in [2.24, 2.45) is 4.99 Å². The highest BCUT2D eigenvalue weighted by molar-refractivity contribution is 5.79. The number of nitrogens with one attached hydrogen (secondary N) is 2. The van der Waals surface area contributed by atoms with Crippen LogP contribution >= 0.6 is 0 Å². The molecule has 0 amide bonds. The third kappa shape index (κ3) is 9.85. The van der Waals surface area contributed by atoms with Crippen LogP contribution in [-0.4, -0.2) is 71.8 Å². The standard InChI is InChI=1S/C17H30N4O4/c1-18-17(20-8-5-9-24-12-10-22-2)21-14-15-6-4-7-19-16(15)25-13-11-23-3/h4,6-7H,5,8-14H2,1-3H3,(H2,18,20,21). The molecule has 0 radical (unpaired) electrons. The van der Waals surface area contributed by atoms with Crippen LogP contribution in [0.25, 0.3) is 0 Å². The molecular weight excluding hydrogens is 324 g/mol. The summed E-state index contributed by atoms with van der Waals surface area (Å²) in [5.41, 5.74) is 0.962. The van der Waals surface area contributed by atoms with Crippen LogP contribution in [0.3, 0.4) is 0 Å². The number of aliphatic imine (C=N–C) groups is 1. The molecule has 1 rings (SSSR count). The van der Waals surface area contributed by atoms with Gasteiger partial charge in [-0.25, -0.2) is 4.98 Å². The number of ether oxygens (including phenoxy) is 4. The Morgan fingerprint density at radius 1 is 1.08 bits per heavy atom. The smallest absolute Gasteiger partial charge is 0.218 e. The predicted molar refractivity (Wildman–Crippen MR) is 97.1 cm³/mol. The second-order valence-electron chi connectivity index (χ2n) is 5.12. The minimum absolute atomic E-state index is 0.469. The molecule has 2 N–H and O–H groups in total. The van der Waals surface area contributed by atoms with E-state index in [-0.39, 0.29) is 0 Å². The lowest BCUT2D eigenvalue weighted by molar-refractivity contribution is 0.0698. The van der Waals surface area contributed by atoms with E-state index >= 15 is 0 Å². The summed E-state index contributed by atoms with van der Waals surface area (Å²) in [5.74, 6) is 1.33. The fourth-order valence-electron chi connectivity index (χ4n) is 1.94. The summed E-state index contributed by atoms with van der Waals surface area (Å²) < 4.78 is 21.0. The van der Waals surface area contributed by atoms with E-state index in [1.165, 1.54) is 0 Å². The Morgan fingerprint density at radius 3 is 2.64 bits per heavy atom. The van der Waals surface area contributed by atoms with E-state index in [1.807, 2.05) is 12.1 Å². The topological polar surface area (TPSA) is 86.2 Å². The van der Waals surface area contributed by atoms with Gasteiger partial charge in [0.15, 0.2) is 5.96 Å². The number of hydrogen-bond acceptors (Lipinski definition) is 6. The van der Waals surface area contributed by atoms with Crippen LogP contribution in [0, 0.1) is 0 Å². The van der Waals surface area contributed by atoms with Crippen molar-refractivity contribution in [3.05, 3.63) is 23.9 Å². The molecule has 0 aliphatic carbocycles. The third-order valence-electron chi connectivity index (χ3n) is 3.24. The molecule has 1 aromatic heterocycles. The van der Waals surface area contributed by atoms with Gasteiger partial charge in [-0.05, 0) is 12.5 Å². The van der Waals surface area contributed by atoms with Gasteiger partial charge < -0.3 is 29.6 Å². The number of pyridine rings is 1. The van der Waals surface area contributed by atoms with Gasteiger partial charge in [-0.15, -0.1) is 0 Å². The van der Waals surface area contributed by atoms with E-state index < -0.39 is 0 Å². The molecule has 8 nitrogen and oxygen atoms in total. The van der Waals surface area contributed by atoms with Crippen molar-refractivity contribution >= 4 is 5.96 Å². The zero-order valence-corrected chi connectivity index (χ0v) is 15.4. The summed E-state index contributed by atoms with van der Waals surface area (Å²) >= 11 is 0. The zero-order chi connectivity index (χ0) is 18.2. The van der Waals surface area contributed by atoms with Crippen LogP contribution < -0.4 is 15.4 Å². The van der Waals surface area contributed by atoms with Crippen molar-refractivity contribution in [1.82, 2.24) is 15.6 Å². The lowest BCUT2D eigenvalue weighted by Gasteiger charge is -2.14. The van der Waals surface area contributed by atoms with Gasteiger partial charge in [-0.3, -0.25) is 4.99 Å². The molecule has 1 heterocycles. The molecule has 0 bridgehead atoms. The number of rotatable bonds is 13. The highest BCUT2D eigenvalue weighted by atomic mass is 16.5. The SMILES string of the molecule is CN=C(NCCCOCCOC)NCc1cccnc1OCCOC. The Kier molecular flexibility index (Phi) is 12.2. The summed E-state index contributed by atoms with van der Waals surface area (Å²) in [7, 11) is 5.04. The average molecular weight is 354 g/mol. The molecule has 25 heavy (non-hydrogen) atoms. The average Bonchev–Trinajstić information content (AvgIpc) is 2.64. The molecular formula is C17H30N4O4. The maximum absolute atomic E-state index is 5.63. The van der Waals surface area contributed by atoms with Crippen LogP contribution in [0.5, 0.6) is 5.88 Å². The van der Waals surface area contributed by atoms with Crippen molar-refractivity contribution in [2.75, 3.05) is 60.8 Å². The minimum Gasteiger partial charge on any atom is -0.475 e. The lowest BCUT2D eigenvalue weighted by atomic mass is 10.2. The van der Waals surface area contributed by atoms with E-state index in [2.05, 4.69) is 20.6 Å². The summed E-state index contributed by atoms with van der Waals surface area (Å²) in [6, 6.07) is 3.85. The first-order valence-electron chi connectivity index (χ1n) is 8.38. The molecule has 1 aromatic rings. The molecule has 0 aliphatic rings. The molecule has 0 unspecified atom stereocenters. The van der Waals surface area contributed by atoms with Crippen molar-refractivity contribution in [3.8, 4) is 5.88 Å². The van der Waals surface area contributed by atoms with Gasteiger partial charge >= 0.3 is 0 Å². The van der Waals surface area contributed by atoms with Gasteiger partial charge in [-0.2, -0.15) is 0 Å². The fraction of sp³-hybridized carbons (Fsp3) is 0.647. The Balaban J connectivity index is 2.30. The largest absolute Gasteiger partial charge is 0.475 e. The van der Waals surface area contributed by atoms with Gasteiger partial charge in [0.05, 0.1) is 19.8 Å². The highest BCUT2D eigenvalue weighted by Crippen LogP contribution is 2.13. The second kappa shape index (κ2) is 14.4. The molecule has 0 saturated carbocycles.